The summed E-state index contributed by atoms with van der Waals surface area (Å²) in [5, 5.41) is 12.6. The van der Waals surface area contributed by atoms with Crippen molar-refractivity contribution < 1.29 is 4.79 Å². The number of piperidine rings is 1. The SMILES string of the molecule is C=CNC1=NC=C/C1=C(/C)c1ccn(C2(CC#N)CN(C3CCN(C(N)=O)CC3)C2)c1. The third-order valence-corrected chi connectivity index (χ3v) is 6.71. The Kier molecular flexibility index (Phi) is 5.70. The van der Waals surface area contributed by atoms with Crippen LogP contribution in [0.4, 0.5) is 4.79 Å². The van der Waals surface area contributed by atoms with Crippen molar-refractivity contribution in [2.75, 3.05) is 26.2 Å². The molecule has 3 aliphatic heterocycles. The van der Waals surface area contributed by atoms with Gasteiger partial charge >= 0.3 is 6.03 Å². The number of nitrogens with zero attached hydrogens (tertiary/aromatic N) is 5. The van der Waals surface area contributed by atoms with Crippen molar-refractivity contribution in [3.05, 3.63) is 54.7 Å². The molecule has 2 saturated heterocycles. The second-order valence-electron chi connectivity index (χ2n) is 8.51. The van der Waals surface area contributed by atoms with Gasteiger partial charge in [-0.2, -0.15) is 5.26 Å². The van der Waals surface area contributed by atoms with Crippen LogP contribution in [0.15, 0.2) is 54.1 Å². The number of amidine groups is 1. The standard InChI is InChI=1S/C23H29N7O/c1-3-26-21-20(4-10-27-21)17(2)18-5-13-30(14-18)23(8-9-24)15-29(16-23)19-6-11-28(12-7-19)22(25)31/h3-5,10,13-14,19H,1,6-8,11-12,15-16H2,2H3,(H2,25,31)(H,26,27)/b20-17+. The second kappa shape index (κ2) is 8.44. The number of allylic oxidation sites excluding steroid dienone is 1. The van der Waals surface area contributed by atoms with Gasteiger partial charge in [-0.25, -0.2) is 9.79 Å². The van der Waals surface area contributed by atoms with Gasteiger partial charge < -0.3 is 20.5 Å². The Morgan fingerprint density at radius 1 is 1.45 bits per heavy atom. The molecule has 3 aliphatic rings. The van der Waals surface area contributed by atoms with E-state index >= 15 is 0 Å². The summed E-state index contributed by atoms with van der Waals surface area (Å²) in [6, 6.07) is 4.60. The van der Waals surface area contributed by atoms with Gasteiger partial charge in [0.1, 0.15) is 5.84 Å². The minimum Gasteiger partial charge on any atom is -0.351 e. The molecule has 0 radical (unpaired) electrons. The number of amides is 2. The first kappa shape index (κ1) is 20.9. The number of hydrogen-bond acceptors (Lipinski definition) is 5. The van der Waals surface area contributed by atoms with Crippen molar-refractivity contribution >= 4 is 17.4 Å². The number of aromatic nitrogens is 1. The van der Waals surface area contributed by atoms with Gasteiger partial charge in [0.25, 0.3) is 0 Å². The first-order valence-corrected chi connectivity index (χ1v) is 10.6. The molecule has 0 spiro atoms. The van der Waals surface area contributed by atoms with Gasteiger partial charge in [-0.15, -0.1) is 0 Å². The molecule has 0 saturated carbocycles. The lowest BCUT2D eigenvalue weighted by Crippen LogP contribution is -2.66. The summed E-state index contributed by atoms with van der Waals surface area (Å²) in [6.45, 7) is 8.90. The quantitative estimate of drug-likeness (QED) is 0.765. The molecule has 8 heteroatoms. The zero-order valence-electron chi connectivity index (χ0n) is 17.9. The fourth-order valence-electron chi connectivity index (χ4n) is 4.85. The molecule has 4 heterocycles. The van der Waals surface area contributed by atoms with Crippen LogP contribution < -0.4 is 11.1 Å². The highest BCUT2D eigenvalue weighted by atomic mass is 16.2. The summed E-state index contributed by atoms with van der Waals surface area (Å²) in [4.78, 5) is 19.9. The fourth-order valence-corrected chi connectivity index (χ4v) is 4.85. The zero-order chi connectivity index (χ0) is 22.0. The van der Waals surface area contributed by atoms with E-state index in [4.69, 9.17) is 5.73 Å². The molecule has 1 aromatic rings. The van der Waals surface area contributed by atoms with E-state index in [1.54, 1.807) is 17.3 Å². The normalized spacial score (nSPS) is 22.5. The van der Waals surface area contributed by atoms with E-state index in [9.17, 15) is 10.1 Å². The lowest BCUT2D eigenvalue weighted by Gasteiger charge is -2.54. The number of urea groups is 1. The summed E-state index contributed by atoms with van der Waals surface area (Å²) in [5.41, 5.74) is 8.48. The Bertz CT molecular complexity index is 995. The van der Waals surface area contributed by atoms with Crippen LogP contribution in [0, 0.1) is 11.3 Å². The molecule has 0 bridgehead atoms. The van der Waals surface area contributed by atoms with Gasteiger partial charge in [0, 0.05) is 56.4 Å². The smallest absolute Gasteiger partial charge is 0.314 e. The molecule has 2 fully saturated rings. The Morgan fingerprint density at radius 3 is 2.84 bits per heavy atom. The summed E-state index contributed by atoms with van der Waals surface area (Å²) >= 11 is 0. The van der Waals surface area contributed by atoms with E-state index in [0.717, 1.165) is 48.5 Å². The van der Waals surface area contributed by atoms with Crippen molar-refractivity contribution in [2.24, 2.45) is 10.7 Å². The van der Waals surface area contributed by atoms with E-state index in [2.05, 4.69) is 57.8 Å². The molecule has 1 aromatic heterocycles. The fraction of sp³-hybridized carbons (Fsp3) is 0.435. The van der Waals surface area contributed by atoms with E-state index in [1.165, 1.54) is 0 Å². The van der Waals surface area contributed by atoms with Crippen LogP contribution in [0.5, 0.6) is 0 Å². The second-order valence-corrected chi connectivity index (χ2v) is 8.51. The zero-order valence-corrected chi connectivity index (χ0v) is 17.9. The van der Waals surface area contributed by atoms with E-state index < -0.39 is 0 Å². The summed E-state index contributed by atoms with van der Waals surface area (Å²) in [6.07, 6.45) is 12.0. The van der Waals surface area contributed by atoms with Crippen LogP contribution >= 0.6 is 0 Å². The maximum absolute atomic E-state index is 11.4. The molecule has 8 nitrogen and oxygen atoms in total. The highest BCUT2D eigenvalue weighted by Crippen LogP contribution is 2.37. The largest absolute Gasteiger partial charge is 0.351 e. The van der Waals surface area contributed by atoms with Gasteiger partial charge in [0.05, 0.1) is 18.0 Å². The number of carbonyl (C=O) groups is 1. The van der Waals surface area contributed by atoms with Crippen LogP contribution in [0.1, 0.15) is 31.7 Å². The molecule has 0 atom stereocenters. The van der Waals surface area contributed by atoms with Gasteiger partial charge in [-0.3, -0.25) is 4.90 Å². The summed E-state index contributed by atoms with van der Waals surface area (Å²) in [7, 11) is 0. The third kappa shape index (κ3) is 3.89. The number of carbonyl (C=O) groups excluding carboxylic acids is 1. The van der Waals surface area contributed by atoms with Crippen LogP contribution in [0.2, 0.25) is 0 Å². The summed E-state index contributed by atoms with van der Waals surface area (Å²) < 4.78 is 2.21. The van der Waals surface area contributed by atoms with Crippen LogP contribution in [0.3, 0.4) is 0 Å². The lowest BCUT2D eigenvalue weighted by atomic mass is 9.83. The minimum absolute atomic E-state index is 0.208. The first-order valence-electron chi connectivity index (χ1n) is 10.6. The Balaban J connectivity index is 1.48. The van der Waals surface area contributed by atoms with Crippen molar-refractivity contribution in [2.45, 2.75) is 37.8 Å². The number of hydrogen-bond donors (Lipinski definition) is 2. The maximum Gasteiger partial charge on any atom is 0.314 e. The van der Waals surface area contributed by atoms with Gasteiger partial charge in [-0.1, -0.05) is 6.58 Å². The molecular weight excluding hydrogens is 390 g/mol. The average Bonchev–Trinajstić information content (AvgIpc) is 3.40. The third-order valence-electron chi connectivity index (χ3n) is 6.71. The molecule has 0 unspecified atom stereocenters. The number of likely N-dealkylation sites (tertiary alicyclic amines) is 2. The van der Waals surface area contributed by atoms with Crippen molar-refractivity contribution in [1.82, 2.24) is 19.7 Å². The molecule has 3 N–H and O–H groups in total. The average molecular weight is 420 g/mol. The molecular formula is C23H29N7O. The Hall–Kier alpha value is -3.31. The highest BCUT2D eigenvalue weighted by molar-refractivity contribution is 6.09. The van der Waals surface area contributed by atoms with Crippen LogP contribution in [-0.2, 0) is 5.54 Å². The Morgan fingerprint density at radius 2 is 2.19 bits per heavy atom. The number of nitrogens with two attached hydrogens (primary N) is 1. The first-order chi connectivity index (χ1) is 15.0. The van der Waals surface area contributed by atoms with Crippen molar-refractivity contribution in [3.8, 4) is 6.07 Å². The van der Waals surface area contributed by atoms with Crippen molar-refractivity contribution in [3.63, 3.8) is 0 Å². The number of rotatable bonds is 5. The van der Waals surface area contributed by atoms with E-state index in [0.29, 0.717) is 25.6 Å². The Labute approximate surface area is 183 Å². The number of aliphatic imine (C=N–C) groups is 1. The number of nitrogens with one attached hydrogen (secondary N) is 1. The molecule has 0 aliphatic carbocycles. The summed E-state index contributed by atoms with van der Waals surface area (Å²) in [5.74, 6) is 0.795. The van der Waals surface area contributed by atoms with Crippen LogP contribution in [-0.4, -0.2) is 58.5 Å². The number of primary amides is 1. The molecule has 31 heavy (non-hydrogen) atoms. The topological polar surface area (TPSA) is 103 Å². The maximum atomic E-state index is 11.4. The molecule has 2 amide bonds. The van der Waals surface area contributed by atoms with Gasteiger partial charge in [-0.05, 0) is 49.2 Å². The predicted octanol–water partition coefficient (Wildman–Crippen LogP) is 2.39. The van der Waals surface area contributed by atoms with Gasteiger partial charge in [0.15, 0.2) is 0 Å². The van der Waals surface area contributed by atoms with Gasteiger partial charge in [0.2, 0.25) is 0 Å². The highest BCUT2D eigenvalue weighted by Gasteiger charge is 2.47. The predicted molar refractivity (Wildman–Crippen MR) is 121 cm³/mol. The van der Waals surface area contributed by atoms with E-state index in [-0.39, 0.29) is 11.6 Å². The molecule has 162 valence electrons. The molecule has 0 aromatic carbocycles. The van der Waals surface area contributed by atoms with Crippen LogP contribution in [0.25, 0.3) is 5.57 Å². The number of nitriles is 1. The van der Waals surface area contributed by atoms with Crippen molar-refractivity contribution in [1.29, 1.82) is 5.26 Å². The lowest BCUT2D eigenvalue weighted by molar-refractivity contribution is -0.0334. The minimum atomic E-state index is -0.334. The van der Waals surface area contributed by atoms with E-state index in [1.807, 2.05) is 6.08 Å². The molecule has 4 rings (SSSR count). The monoisotopic (exact) mass is 419 g/mol.